The maximum atomic E-state index is 12.6. The molecular weight excluding hydrogens is 466 g/mol. The maximum Gasteiger partial charge on any atom is 0.254 e. The van der Waals surface area contributed by atoms with Crippen LogP contribution in [0.15, 0.2) is 48.5 Å². The van der Waals surface area contributed by atoms with Crippen LogP contribution in [0.4, 0.5) is 5.69 Å². The van der Waals surface area contributed by atoms with E-state index in [2.05, 4.69) is 5.32 Å². The molecule has 0 radical (unpaired) electrons. The van der Waals surface area contributed by atoms with Crippen LogP contribution < -0.4 is 9.62 Å². The van der Waals surface area contributed by atoms with E-state index in [9.17, 15) is 18.0 Å². The summed E-state index contributed by atoms with van der Waals surface area (Å²) in [7, 11) is -3.70. The number of carbonyl (C=O) groups is 2. The van der Waals surface area contributed by atoms with Crippen LogP contribution in [-0.2, 0) is 26.0 Å². The topological polar surface area (TPSA) is 96.0 Å². The summed E-state index contributed by atoms with van der Waals surface area (Å²) >= 11 is 5.88. The first-order valence-electron chi connectivity index (χ1n) is 10.7. The van der Waals surface area contributed by atoms with Crippen LogP contribution in [0.3, 0.4) is 0 Å². The molecule has 0 unspecified atom stereocenters. The van der Waals surface area contributed by atoms with Crippen LogP contribution >= 0.6 is 11.6 Å². The summed E-state index contributed by atoms with van der Waals surface area (Å²) in [5, 5.41) is 3.44. The van der Waals surface area contributed by atoms with Crippen molar-refractivity contribution in [3.8, 4) is 0 Å². The molecule has 1 fully saturated rings. The van der Waals surface area contributed by atoms with Crippen molar-refractivity contribution >= 4 is 39.1 Å². The number of morpholine rings is 1. The summed E-state index contributed by atoms with van der Waals surface area (Å²) in [5.74, 6) is -0.529. The Morgan fingerprint density at radius 1 is 1.06 bits per heavy atom. The number of anilines is 1. The van der Waals surface area contributed by atoms with Crippen molar-refractivity contribution in [3.63, 3.8) is 0 Å². The fourth-order valence-corrected chi connectivity index (χ4v) is 4.46. The summed E-state index contributed by atoms with van der Waals surface area (Å²) in [6.45, 7) is 2.13. The highest BCUT2D eigenvalue weighted by Gasteiger charge is 2.22. The number of hydrogen-bond acceptors (Lipinski definition) is 5. The minimum Gasteiger partial charge on any atom is -0.378 e. The van der Waals surface area contributed by atoms with E-state index in [1.165, 1.54) is 0 Å². The van der Waals surface area contributed by atoms with Gasteiger partial charge in [-0.1, -0.05) is 23.7 Å². The van der Waals surface area contributed by atoms with E-state index in [0.717, 1.165) is 22.5 Å². The molecule has 1 saturated heterocycles. The second-order valence-electron chi connectivity index (χ2n) is 7.80. The first-order chi connectivity index (χ1) is 15.7. The quantitative estimate of drug-likeness (QED) is 0.541. The van der Waals surface area contributed by atoms with Crippen molar-refractivity contribution in [3.05, 3.63) is 64.7 Å². The lowest BCUT2D eigenvalue weighted by Crippen LogP contribution is -2.41. The minimum atomic E-state index is -3.70. The van der Waals surface area contributed by atoms with Crippen LogP contribution in [0.5, 0.6) is 0 Å². The average molecular weight is 494 g/mol. The van der Waals surface area contributed by atoms with E-state index in [1.807, 2.05) is 24.3 Å². The normalized spacial score (nSPS) is 14.1. The molecule has 0 saturated carbocycles. The summed E-state index contributed by atoms with van der Waals surface area (Å²) < 4.78 is 30.9. The molecule has 0 spiro atoms. The standard InChI is InChI=1S/C23H28ClN3O5S/c1-33(30,31)27(17-22(28)25-12-2-3-18-4-8-20(24)9-5-18)21-10-6-19(7-11-21)23(29)26-13-15-32-16-14-26/h4-11H,2-3,12-17H2,1H3,(H,25,28). The number of amides is 2. The van der Waals surface area contributed by atoms with E-state index in [0.29, 0.717) is 55.5 Å². The molecule has 1 aliphatic rings. The number of nitrogens with one attached hydrogen (secondary N) is 1. The van der Waals surface area contributed by atoms with Crippen LogP contribution in [0.2, 0.25) is 5.02 Å². The molecule has 33 heavy (non-hydrogen) atoms. The van der Waals surface area contributed by atoms with Gasteiger partial charge in [0.05, 0.1) is 25.2 Å². The van der Waals surface area contributed by atoms with Gasteiger partial charge >= 0.3 is 0 Å². The third kappa shape index (κ3) is 7.45. The fraction of sp³-hybridized carbons (Fsp3) is 0.391. The molecule has 1 heterocycles. The van der Waals surface area contributed by atoms with Crippen molar-refractivity contribution in [1.82, 2.24) is 10.2 Å². The number of rotatable bonds is 9. The number of aryl methyl sites for hydroxylation is 1. The third-order valence-electron chi connectivity index (χ3n) is 5.27. The number of sulfonamides is 1. The van der Waals surface area contributed by atoms with Gasteiger partial charge in [-0.05, 0) is 54.8 Å². The van der Waals surface area contributed by atoms with Crippen LogP contribution in [0.25, 0.3) is 0 Å². The van der Waals surface area contributed by atoms with Gasteiger partial charge in [-0.25, -0.2) is 8.42 Å². The van der Waals surface area contributed by atoms with E-state index >= 15 is 0 Å². The third-order valence-corrected chi connectivity index (χ3v) is 6.66. The van der Waals surface area contributed by atoms with Gasteiger partial charge in [-0.15, -0.1) is 0 Å². The average Bonchev–Trinajstić information content (AvgIpc) is 2.81. The fourth-order valence-electron chi connectivity index (χ4n) is 3.48. The van der Waals surface area contributed by atoms with Gasteiger partial charge in [0.1, 0.15) is 6.54 Å². The van der Waals surface area contributed by atoms with Crippen molar-refractivity contribution in [2.45, 2.75) is 12.8 Å². The molecule has 10 heteroatoms. The summed E-state index contributed by atoms with van der Waals surface area (Å²) in [6.07, 6.45) is 2.53. The molecule has 1 N–H and O–H groups in total. The predicted octanol–water partition coefficient (Wildman–Crippen LogP) is 2.33. The molecule has 2 aromatic rings. The Hall–Kier alpha value is -2.62. The van der Waals surface area contributed by atoms with Gasteiger partial charge in [0.2, 0.25) is 15.9 Å². The highest BCUT2D eigenvalue weighted by molar-refractivity contribution is 7.92. The van der Waals surface area contributed by atoms with E-state index < -0.39 is 15.9 Å². The summed E-state index contributed by atoms with van der Waals surface area (Å²) in [4.78, 5) is 26.7. The molecule has 0 aliphatic carbocycles. The number of ether oxygens (including phenoxy) is 1. The lowest BCUT2D eigenvalue weighted by Gasteiger charge is -2.27. The molecule has 3 rings (SSSR count). The summed E-state index contributed by atoms with van der Waals surface area (Å²) in [6, 6.07) is 13.8. The zero-order valence-corrected chi connectivity index (χ0v) is 20.1. The van der Waals surface area contributed by atoms with E-state index in [1.54, 1.807) is 29.2 Å². The van der Waals surface area contributed by atoms with Crippen molar-refractivity contribution in [2.24, 2.45) is 0 Å². The Morgan fingerprint density at radius 2 is 1.70 bits per heavy atom. The molecule has 0 atom stereocenters. The molecular formula is C23H28ClN3O5S. The van der Waals surface area contributed by atoms with Gasteiger partial charge in [-0.2, -0.15) is 0 Å². The monoisotopic (exact) mass is 493 g/mol. The Labute approximate surface area is 199 Å². The molecule has 1 aliphatic heterocycles. The molecule has 8 nitrogen and oxygen atoms in total. The lowest BCUT2D eigenvalue weighted by molar-refractivity contribution is -0.119. The lowest BCUT2D eigenvalue weighted by atomic mass is 10.1. The molecule has 178 valence electrons. The predicted molar refractivity (Wildman–Crippen MR) is 128 cm³/mol. The second-order valence-corrected chi connectivity index (χ2v) is 10.1. The van der Waals surface area contributed by atoms with Crippen molar-refractivity contribution < 1.29 is 22.7 Å². The largest absolute Gasteiger partial charge is 0.378 e. The Kier molecular flexibility index (Phi) is 8.71. The number of carbonyl (C=O) groups excluding carboxylic acids is 2. The van der Waals surface area contributed by atoms with E-state index in [-0.39, 0.29) is 12.5 Å². The highest BCUT2D eigenvalue weighted by Crippen LogP contribution is 2.19. The number of halogens is 1. The number of hydrogen-bond donors (Lipinski definition) is 1. The second kappa shape index (κ2) is 11.5. The van der Waals surface area contributed by atoms with Crippen molar-refractivity contribution in [2.75, 3.05) is 50.0 Å². The zero-order valence-electron chi connectivity index (χ0n) is 18.5. The van der Waals surface area contributed by atoms with Gasteiger partial charge in [0.25, 0.3) is 5.91 Å². The van der Waals surface area contributed by atoms with Gasteiger partial charge < -0.3 is 15.0 Å². The SMILES string of the molecule is CS(=O)(=O)N(CC(=O)NCCCc1ccc(Cl)cc1)c1ccc(C(=O)N2CCOCC2)cc1. The number of nitrogens with zero attached hydrogens (tertiary/aromatic N) is 2. The molecule has 2 amide bonds. The minimum absolute atomic E-state index is 0.130. The Morgan fingerprint density at radius 3 is 2.30 bits per heavy atom. The summed E-state index contributed by atoms with van der Waals surface area (Å²) in [5.41, 5.74) is 1.89. The Balaban J connectivity index is 1.56. The van der Waals surface area contributed by atoms with Crippen LogP contribution in [0.1, 0.15) is 22.3 Å². The first-order valence-corrected chi connectivity index (χ1v) is 12.9. The first kappa shape index (κ1) is 25.0. The van der Waals surface area contributed by atoms with Crippen LogP contribution in [0, 0.1) is 0 Å². The Bertz CT molecular complexity index is 1050. The van der Waals surface area contributed by atoms with Crippen molar-refractivity contribution in [1.29, 1.82) is 0 Å². The molecule has 2 aromatic carbocycles. The zero-order chi connectivity index (χ0) is 23.8. The van der Waals surface area contributed by atoms with Gasteiger partial charge in [0, 0.05) is 30.2 Å². The van der Waals surface area contributed by atoms with Gasteiger partial charge in [0.15, 0.2) is 0 Å². The molecule has 0 bridgehead atoms. The maximum absolute atomic E-state index is 12.6. The highest BCUT2D eigenvalue weighted by atomic mass is 35.5. The van der Waals surface area contributed by atoms with Gasteiger partial charge in [-0.3, -0.25) is 13.9 Å². The van der Waals surface area contributed by atoms with Crippen LogP contribution in [-0.4, -0.2) is 70.8 Å². The molecule has 0 aromatic heterocycles. The van der Waals surface area contributed by atoms with E-state index in [4.69, 9.17) is 16.3 Å². The smallest absolute Gasteiger partial charge is 0.254 e. The number of benzene rings is 2.